The summed E-state index contributed by atoms with van der Waals surface area (Å²) in [5, 5.41) is 0. The SMILES string of the molecule is CCOC(=O)c1cccc(C2C(C(=O)OC)=CN(C)C=C2C(=O)C(Cl)(Cl)Cl)c1. The fourth-order valence-electron chi connectivity index (χ4n) is 2.85. The third kappa shape index (κ3) is 4.87. The van der Waals surface area contributed by atoms with Crippen LogP contribution in [0.4, 0.5) is 0 Å². The molecule has 150 valence electrons. The van der Waals surface area contributed by atoms with Gasteiger partial charge in [-0.2, -0.15) is 0 Å². The van der Waals surface area contributed by atoms with Gasteiger partial charge in [-0.3, -0.25) is 4.79 Å². The van der Waals surface area contributed by atoms with Gasteiger partial charge in [0.25, 0.3) is 3.79 Å². The van der Waals surface area contributed by atoms with E-state index in [0.29, 0.717) is 5.56 Å². The highest BCUT2D eigenvalue weighted by Gasteiger charge is 2.41. The van der Waals surface area contributed by atoms with Crippen molar-refractivity contribution >= 4 is 52.5 Å². The van der Waals surface area contributed by atoms with Crippen LogP contribution >= 0.6 is 34.8 Å². The number of carbonyl (C=O) groups excluding carboxylic acids is 3. The minimum Gasteiger partial charge on any atom is -0.466 e. The van der Waals surface area contributed by atoms with Crippen molar-refractivity contribution in [3.63, 3.8) is 0 Å². The van der Waals surface area contributed by atoms with Gasteiger partial charge < -0.3 is 14.4 Å². The lowest BCUT2D eigenvalue weighted by atomic mass is 9.81. The maximum atomic E-state index is 12.8. The molecule has 0 fully saturated rings. The highest BCUT2D eigenvalue weighted by atomic mass is 35.6. The van der Waals surface area contributed by atoms with Crippen molar-refractivity contribution in [3.8, 4) is 0 Å². The van der Waals surface area contributed by atoms with E-state index in [-0.39, 0.29) is 23.3 Å². The summed E-state index contributed by atoms with van der Waals surface area (Å²) in [7, 11) is 2.85. The number of Topliss-reactive ketones (excluding diaryl/α,β-unsaturated/α-hetero) is 1. The number of alkyl halides is 3. The summed E-state index contributed by atoms with van der Waals surface area (Å²) in [5.41, 5.74) is 0.977. The first-order valence-electron chi connectivity index (χ1n) is 8.22. The van der Waals surface area contributed by atoms with Crippen LogP contribution in [0.15, 0.2) is 47.8 Å². The maximum Gasteiger partial charge on any atom is 0.338 e. The Labute approximate surface area is 177 Å². The number of esters is 2. The molecule has 0 saturated heterocycles. The first-order valence-corrected chi connectivity index (χ1v) is 9.35. The lowest BCUT2D eigenvalue weighted by molar-refractivity contribution is -0.136. The number of methoxy groups -OCH3 is 1. The summed E-state index contributed by atoms with van der Waals surface area (Å²) in [6.07, 6.45) is 2.99. The smallest absolute Gasteiger partial charge is 0.338 e. The molecule has 1 heterocycles. The number of nitrogens with zero attached hydrogens (tertiary/aromatic N) is 1. The summed E-state index contributed by atoms with van der Waals surface area (Å²) in [6.45, 7) is 1.90. The second-order valence-electron chi connectivity index (χ2n) is 5.93. The number of hydrogen-bond acceptors (Lipinski definition) is 6. The van der Waals surface area contributed by atoms with Gasteiger partial charge in [0.2, 0.25) is 5.78 Å². The lowest BCUT2D eigenvalue weighted by Crippen LogP contribution is -2.31. The highest BCUT2D eigenvalue weighted by molar-refractivity contribution is 6.77. The van der Waals surface area contributed by atoms with Crippen LogP contribution in [0.2, 0.25) is 0 Å². The van der Waals surface area contributed by atoms with Crippen LogP contribution in [0.1, 0.15) is 28.8 Å². The molecule has 0 N–H and O–H groups in total. The van der Waals surface area contributed by atoms with Gasteiger partial charge in [0.15, 0.2) is 0 Å². The third-order valence-corrected chi connectivity index (χ3v) is 4.49. The van der Waals surface area contributed by atoms with E-state index >= 15 is 0 Å². The predicted molar refractivity (Wildman–Crippen MR) is 106 cm³/mol. The van der Waals surface area contributed by atoms with E-state index < -0.39 is 27.4 Å². The minimum atomic E-state index is -2.22. The van der Waals surface area contributed by atoms with E-state index in [0.717, 1.165) is 0 Å². The van der Waals surface area contributed by atoms with Crippen molar-refractivity contribution in [2.24, 2.45) is 0 Å². The summed E-state index contributed by atoms with van der Waals surface area (Å²) in [4.78, 5) is 38.8. The molecule has 6 nitrogen and oxygen atoms in total. The van der Waals surface area contributed by atoms with Crippen molar-refractivity contribution < 1.29 is 23.9 Å². The zero-order chi connectivity index (χ0) is 21.1. The monoisotopic (exact) mass is 445 g/mol. The Morgan fingerprint density at radius 1 is 1.11 bits per heavy atom. The number of halogens is 3. The molecule has 0 radical (unpaired) electrons. The minimum absolute atomic E-state index is 0.0754. The molecule has 28 heavy (non-hydrogen) atoms. The molecular formula is C19H18Cl3NO5. The summed E-state index contributed by atoms with van der Waals surface area (Å²) < 4.78 is 7.65. The fraction of sp³-hybridized carbons (Fsp3) is 0.316. The van der Waals surface area contributed by atoms with Crippen LogP contribution in [0.5, 0.6) is 0 Å². The molecule has 0 amide bonds. The van der Waals surface area contributed by atoms with Crippen molar-refractivity contribution in [1.29, 1.82) is 0 Å². The largest absolute Gasteiger partial charge is 0.466 e. The molecule has 0 spiro atoms. The first-order chi connectivity index (χ1) is 13.1. The Balaban J connectivity index is 2.62. The van der Waals surface area contributed by atoms with Crippen LogP contribution in [0.25, 0.3) is 0 Å². The van der Waals surface area contributed by atoms with Crippen molar-refractivity contribution in [2.75, 3.05) is 20.8 Å². The number of allylic oxidation sites excluding steroid dienone is 1. The van der Waals surface area contributed by atoms with E-state index in [1.54, 1.807) is 32.2 Å². The second-order valence-corrected chi connectivity index (χ2v) is 8.21. The summed E-state index contributed by atoms with van der Waals surface area (Å²) in [6, 6.07) is 6.38. The molecule has 0 aromatic heterocycles. The van der Waals surface area contributed by atoms with Gasteiger partial charge in [-0.1, -0.05) is 46.9 Å². The van der Waals surface area contributed by atoms with Crippen LogP contribution in [-0.4, -0.2) is 47.2 Å². The average Bonchev–Trinajstić information content (AvgIpc) is 2.65. The molecule has 1 atom stereocenters. The quantitative estimate of drug-likeness (QED) is 0.506. The maximum absolute atomic E-state index is 12.8. The third-order valence-electron chi connectivity index (χ3n) is 3.98. The lowest BCUT2D eigenvalue weighted by Gasteiger charge is -2.30. The number of rotatable bonds is 5. The zero-order valence-electron chi connectivity index (χ0n) is 15.4. The second kappa shape index (κ2) is 8.99. The van der Waals surface area contributed by atoms with E-state index in [9.17, 15) is 14.4 Å². The standard InChI is InChI=1S/C19H18Cl3NO5/c1-4-28-17(25)12-7-5-6-11(8-12)15-13(16(24)19(20,21)22)9-23(2)10-14(15)18(26)27-3/h5-10,15H,4H2,1-3H3. The molecule has 0 saturated carbocycles. The van der Waals surface area contributed by atoms with Crippen molar-refractivity contribution in [3.05, 3.63) is 58.9 Å². The van der Waals surface area contributed by atoms with E-state index in [1.807, 2.05) is 0 Å². The summed E-state index contributed by atoms with van der Waals surface area (Å²) in [5.74, 6) is -2.85. The molecule has 1 unspecified atom stereocenters. The Morgan fingerprint density at radius 2 is 1.75 bits per heavy atom. The number of hydrogen-bond donors (Lipinski definition) is 0. The number of ether oxygens (including phenoxy) is 2. The van der Waals surface area contributed by atoms with E-state index in [1.165, 1.54) is 30.5 Å². The van der Waals surface area contributed by atoms with Crippen molar-refractivity contribution in [1.82, 2.24) is 4.90 Å². The normalized spacial score (nSPS) is 16.8. The first kappa shape index (κ1) is 22.3. The molecule has 2 rings (SSSR count). The molecule has 1 aromatic rings. The topological polar surface area (TPSA) is 72.9 Å². The van der Waals surface area contributed by atoms with Crippen LogP contribution in [-0.2, 0) is 19.1 Å². The van der Waals surface area contributed by atoms with Gasteiger partial charge in [-0.05, 0) is 24.6 Å². The van der Waals surface area contributed by atoms with Gasteiger partial charge >= 0.3 is 11.9 Å². The van der Waals surface area contributed by atoms with Gasteiger partial charge in [-0.15, -0.1) is 0 Å². The highest BCUT2D eigenvalue weighted by Crippen LogP contribution is 2.41. The Hall–Kier alpha value is -2.02. The number of benzene rings is 1. The molecule has 1 aromatic carbocycles. The van der Waals surface area contributed by atoms with Crippen LogP contribution in [0.3, 0.4) is 0 Å². The average molecular weight is 447 g/mol. The fourth-order valence-corrected chi connectivity index (χ4v) is 3.18. The molecule has 0 bridgehead atoms. The Morgan fingerprint density at radius 3 is 2.32 bits per heavy atom. The van der Waals surface area contributed by atoms with Gasteiger partial charge in [-0.25, -0.2) is 9.59 Å². The van der Waals surface area contributed by atoms with Crippen LogP contribution in [0, 0.1) is 0 Å². The molecule has 1 aliphatic rings. The van der Waals surface area contributed by atoms with Crippen LogP contribution < -0.4 is 0 Å². The molecule has 0 aliphatic carbocycles. The Bertz CT molecular complexity index is 857. The molecular weight excluding hydrogens is 429 g/mol. The molecule has 9 heteroatoms. The van der Waals surface area contributed by atoms with E-state index in [4.69, 9.17) is 44.3 Å². The predicted octanol–water partition coefficient (Wildman–Crippen LogP) is 3.77. The summed E-state index contributed by atoms with van der Waals surface area (Å²) >= 11 is 17.4. The van der Waals surface area contributed by atoms with Crippen molar-refractivity contribution in [2.45, 2.75) is 16.6 Å². The van der Waals surface area contributed by atoms with E-state index in [2.05, 4.69) is 0 Å². The van der Waals surface area contributed by atoms with Gasteiger partial charge in [0.1, 0.15) is 0 Å². The molecule has 1 aliphatic heterocycles. The van der Waals surface area contributed by atoms with Gasteiger partial charge in [0.05, 0.1) is 24.9 Å². The Kier molecular flexibility index (Phi) is 7.15. The number of ketones is 1. The number of carbonyl (C=O) groups is 3. The van der Waals surface area contributed by atoms with Gasteiger partial charge in [0, 0.05) is 30.9 Å². The zero-order valence-corrected chi connectivity index (χ0v) is 17.6.